The fourth-order valence-corrected chi connectivity index (χ4v) is 2.08. The Morgan fingerprint density at radius 1 is 1.62 bits per heavy atom. The van der Waals surface area contributed by atoms with Crippen LogP contribution in [0, 0.1) is 17.2 Å². The van der Waals surface area contributed by atoms with Crippen molar-refractivity contribution in [2.75, 3.05) is 24.6 Å². The third kappa shape index (κ3) is 2.31. The Morgan fingerprint density at radius 3 is 3.25 bits per heavy atom. The second-order valence-electron chi connectivity index (χ2n) is 4.15. The molecule has 2 heterocycles. The number of hydrogen-bond donors (Lipinski definition) is 1. The maximum Gasteiger partial charge on any atom is 0.129 e. The molecule has 0 unspecified atom stereocenters. The van der Waals surface area contributed by atoms with Crippen molar-refractivity contribution in [3.05, 3.63) is 23.9 Å². The second-order valence-corrected chi connectivity index (χ2v) is 4.15. The summed E-state index contributed by atoms with van der Waals surface area (Å²) in [7, 11) is 0. The van der Waals surface area contributed by atoms with Gasteiger partial charge < -0.3 is 10.0 Å². The lowest BCUT2D eigenvalue weighted by Gasteiger charge is -2.32. The van der Waals surface area contributed by atoms with E-state index in [0.717, 1.165) is 31.7 Å². The van der Waals surface area contributed by atoms with Gasteiger partial charge in [0.2, 0.25) is 0 Å². The number of nitrogens with zero attached hydrogens (tertiary/aromatic N) is 3. The van der Waals surface area contributed by atoms with E-state index >= 15 is 0 Å². The molecule has 0 aromatic carbocycles. The van der Waals surface area contributed by atoms with Crippen LogP contribution in [0.4, 0.5) is 5.82 Å². The van der Waals surface area contributed by atoms with E-state index in [9.17, 15) is 0 Å². The summed E-state index contributed by atoms with van der Waals surface area (Å²) in [5.41, 5.74) is 0.635. The van der Waals surface area contributed by atoms with Gasteiger partial charge in [0.05, 0.1) is 11.6 Å². The molecule has 0 spiro atoms. The highest BCUT2D eigenvalue weighted by Gasteiger charge is 2.20. The van der Waals surface area contributed by atoms with Crippen molar-refractivity contribution >= 4 is 5.82 Å². The molecule has 1 aliphatic heterocycles. The SMILES string of the molecule is N#Cc1ccnc(N2CCC[C@@H](CO)C2)c1. The van der Waals surface area contributed by atoms with E-state index in [4.69, 9.17) is 10.4 Å². The zero-order valence-electron chi connectivity index (χ0n) is 9.13. The van der Waals surface area contributed by atoms with Crippen LogP contribution in [0.1, 0.15) is 18.4 Å². The van der Waals surface area contributed by atoms with Crippen LogP contribution in [-0.2, 0) is 0 Å². The fourth-order valence-electron chi connectivity index (χ4n) is 2.08. The summed E-state index contributed by atoms with van der Waals surface area (Å²) < 4.78 is 0. The minimum Gasteiger partial charge on any atom is -0.396 e. The van der Waals surface area contributed by atoms with Crippen molar-refractivity contribution in [1.29, 1.82) is 5.26 Å². The van der Waals surface area contributed by atoms with E-state index in [2.05, 4.69) is 16.0 Å². The van der Waals surface area contributed by atoms with Gasteiger partial charge in [-0.15, -0.1) is 0 Å². The van der Waals surface area contributed by atoms with Crippen LogP contribution in [0.25, 0.3) is 0 Å². The summed E-state index contributed by atoms with van der Waals surface area (Å²) in [6.45, 7) is 2.02. The highest BCUT2D eigenvalue weighted by molar-refractivity contribution is 5.45. The number of aliphatic hydroxyl groups is 1. The maximum atomic E-state index is 9.16. The van der Waals surface area contributed by atoms with Gasteiger partial charge in [-0.3, -0.25) is 0 Å². The average Bonchev–Trinajstić information content (AvgIpc) is 2.39. The molecule has 0 amide bonds. The van der Waals surface area contributed by atoms with Crippen LogP contribution in [0.5, 0.6) is 0 Å². The third-order valence-corrected chi connectivity index (χ3v) is 2.98. The van der Waals surface area contributed by atoms with Crippen molar-refractivity contribution in [3.8, 4) is 6.07 Å². The molecular formula is C12H15N3O. The standard InChI is InChI=1S/C12H15N3O/c13-7-10-3-4-14-12(6-10)15-5-1-2-11(8-15)9-16/h3-4,6,11,16H,1-2,5,8-9H2/t11-/m1/s1. The van der Waals surface area contributed by atoms with Gasteiger partial charge in [0.25, 0.3) is 0 Å². The van der Waals surface area contributed by atoms with Crippen LogP contribution in [-0.4, -0.2) is 29.8 Å². The maximum absolute atomic E-state index is 9.16. The summed E-state index contributed by atoms with van der Waals surface area (Å²) in [5, 5.41) is 18.0. The van der Waals surface area contributed by atoms with Gasteiger partial charge in [-0.1, -0.05) is 0 Å². The first-order chi connectivity index (χ1) is 7.83. The molecule has 0 saturated carbocycles. The van der Waals surface area contributed by atoms with Crippen molar-refractivity contribution in [2.24, 2.45) is 5.92 Å². The predicted octanol–water partition coefficient (Wildman–Crippen LogP) is 1.16. The summed E-state index contributed by atoms with van der Waals surface area (Å²) >= 11 is 0. The average molecular weight is 217 g/mol. The lowest BCUT2D eigenvalue weighted by Crippen LogP contribution is -2.37. The molecule has 2 rings (SSSR count). The molecule has 16 heavy (non-hydrogen) atoms. The molecule has 0 radical (unpaired) electrons. The zero-order chi connectivity index (χ0) is 11.4. The first-order valence-corrected chi connectivity index (χ1v) is 5.55. The number of hydrogen-bond acceptors (Lipinski definition) is 4. The molecule has 4 heteroatoms. The minimum atomic E-state index is 0.231. The molecule has 1 saturated heterocycles. The normalized spacial score (nSPS) is 20.5. The number of anilines is 1. The van der Waals surface area contributed by atoms with Crippen LogP contribution in [0.15, 0.2) is 18.3 Å². The summed E-state index contributed by atoms with van der Waals surface area (Å²) in [6.07, 6.45) is 3.81. The first-order valence-electron chi connectivity index (χ1n) is 5.55. The topological polar surface area (TPSA) is 60.2 Å². The third-order valence-electron chi connectivity index (χ3n) is 2.98. The van der Waals surface area contributed by atoms with Gasteiger partial charge in [-0.2, -0.15) is 5.26 Å². The summed E-state index contributed by atoms with van der Waals surface area (Å²) in [4.78, 5) is 6.42. The molecule has 1 aliphatic rings. The van der Waals surface area contributed by atoms with Crippen molar-refractivity contribution in [1.82, 2.24) is 4.98 Å². The number of aromatic nitrogens is 1. The van der Waals surface area contributed by atoms with E-state index in [1.165, 1.54) is 0 Å². The van der Waals surface area contributed by atoms with Gasteiger partial charge in [0.1, 0.15) is 5.82 Å². The van der Waals surface area contributed by atoms with E-state index in [1.54, 1.807) is 18.3 Å². The fraction of sp³-hybridized carbons (Fsp3) is 0.500. The molecule has 1 aromatic rings. The van der Waals surface area contributed by atoms with Gasteiger partial charge in [-0.25, -0.2) is 4.98 Å². The lowest BCUT2D eigenvalue weighted by atomic mass is 9.99. The smallest absolute Gasteiger partial charge is 0.129 e. The Kier molecular flexibility index (Phi) is 3.37. The molecule has 4 nitrogen and oxygen atoms in total. The molecule has 0 bridgehead atoms. The largest absolute Gasteiger partial charge is 0.396 e. The highest BCUT2D eigenvalue weighted by Crippen LogP contribution is 2.21. The van der Waals surface area contributed by atoms with Crippen LogP contribution >= 0.6 is 0 Å². The number of pyridine rings is 1. The van der Waals surface area contributed by atoms with Gasteiger partial charge in [0, 0.05) is 25.9 Å². The molecule has 1 fully saturated rings. The molecule has 1 N–H and O–H groups in total. The number of nitriles is 1. The molecule has 1 atom stereocenters. The van der Waals surface area contributed by atoms with Gasteiger partial charge in [-0.05, 0) is 30.9 Å². The number of piperidine rings is 1. The van der Waals surface area contributed by atoms with E-state index in [0.29, 0.717) is 11.5 Å². The minimum absolute atomic E-state index is 0.231. The van der Waals surface area contributed by atoms with Gasteiger partial charge in [0.15, 0.2) is 0 Å². The number of aliphatic hydroxyl groups excluding tert-OH is 1. The molecular weight excluding hydrogens is 202 g/mol. The molecule has 0 aliphatic carbocycles. The molecule has 84 valence electrons. The lowest BCUT2D eigenvalue weighted by molar-refractivity contribution is 0.208. The van der Waals surface area contributed by atoms with Crippen molar-refractivity contribution < 1.29 is 5.11 Å². The van der Waals surface area contributed by atoms with Crippen LogP contribution < -0.4 is 4.90 Å². The van der Waals surface area contributed by atoms with E-state index in [1.807, 2.05) is 0 Å². The van der Waals surface area contributed by atoms with Crippen LogP contribution in [0.2, 0.25) is 0 Å². The van der Waals surface area contributed by atoms with Crippen LogP contribution in [0.3, 0.4) is 0 Å². The zero-order valence-corrected chi connectivity index (χ0v) is 9.13. The highest BCUT2D eigenvalue weighted by atomic mass is 16.3. The Morgan fingerprint density at radius 2 is 2.50 bits per heavy atom. The first kappa shape index (κ1) is 10.9. The quantitative estimate of drug-likeness (QED) is 0.807. The van der Waals surface area contributed by atoms with Crippen molar-refractivity contribution in [2.45, 2.75) is 12.8 Å². The van der Waals surface area contributed by atoms with E-state index < -0.39 is 0 Å². The summed E-state index contributed by atoms with van der Waals surface area (Å²) in [5.74, 6) is 1.18. The predicted molar refractivity (Wildman–Crippen MR) is 61.0 cm³/mol. The van der Waals surface area contributed by atoms with Gasteiger partial charge >= 0.3 is 0 Å². The second kappa shape index (κ2) is 4.95. The Hall–Kier alpha value is -1.60. The summed E-state index contributed by atoms with van der Waals surface area (Å²) in [6, 6.07) is 5.63. The monoisotopic (exact) mass is 217 g/mol. The van der Waals surface area contributed by atoms with E-state index in [-0.39, 0.29) is 6.61 Å². The van der Waals surface area contributed by atoms with Crippen molar-refractivity contribution in [3.63, 3.8) is 0 Å². The Labute approximate surface area is 95.1 Å². The molecule has 1 aromatic heterocycles. The Balaban J connectivity index is 2.14. The number of rotatable bonds is 2. The Bertz CT molecular complexity index is 399.